The Kier molecular flexibility index (Phi) is 1.06. The number of rotatable bonds is 1. The molecule has 1 aliphatic heterocycles. The molecule has 1 heterocycles. The highest BCUT2D eigenvalue weighted by Gasteiger charge is 1.99. The van der Waals surface area contributed by atoms with Gasteiger partial charge in [-0.3, -0.25) is 0 Å². The fourth-order valence-electron chi connectivity index (χ4n) is 0.345. The van der Waals surface area contributed by atoms with E-state index in [2.05, 4.69) is 17.3 Å². The summed E-state index contributed by atoms with van der Waals surface area (Å²) in [6.45, 7) is 2.61. The normalized spacial score (nSPS) is 17.0. The first kappa shape index (κ1) is 4.30. The van der Waals surface area contributed by atoms with Crippen molar-refractivity contribution >= 4 is 0 Å². The van der Waals surface area contributed by atoms with Gasteiger partial charge in [-0.1, -0.05) is 0 Å². The molecule has 38 valence electrons. The second-order valence-electron chi connectivity index (χ2n) is 1.11. The molecule has 1 rings (SSSR count). The lowest BCUT2D eigenvalue weighted by Gasteiger charge is -1.95. The van der Waals surface area contributed by atoms with Crippen molar-refractivity contribution in [2.75, 3.05) is 7.11 Å². The zero-order valence-electron chi connectivity index (χ0n) is 3.99. The Hall–Kier alpha value is -0.860. The molecule has 3 nitrogen and oxygen atoms in total. The number of methoxy groups -OCH3 is 1. The van der Waals surface area contributed by atoms with Crippen LogP contribution in [0, 0.1) is 6.67 Å². The number of hydrogen-bond acceptors (Lipinski definition) is 3. The fraction of sp³-hybridized carbons (Fsp3) is 0.250. The summed E-state index contributed by atoms with van der Waals surface area (Å²) < 4.78 is 4.74. The first-order valence-electron chi connectivity index (χ1n) is 1.94. The first-order valence-corrected chi connectivity index (χ1v) is 1.94. The van der Waals surface area contributed by atoms with E-state index in [1.165, 1.54) is 0 Å². The molecule has 0 amide bonds. The highest BCUT2D eigenvalue weighted by Crippen LogP contribution is 1.91. The van der Waals surface area contributed by atoms with Gasteiger partial charge in [-0.05, 0) is 0 Å². The second kappa shape index (κ2) is 1.73. The van der Waals surface area contributed by atoms with E-state index in [0.717, 1.165) is 0 Å². The van der Waals surface area contributed by atoms with Gasteiger partial charge in [-0.15, -0.1) is 0 Å². The number of ether oxygens (including phenoxy) is 1. The Bertz CT molecular complexity index is 89.7. The molecule has 0 saturated carbocycles. The lowest BCUT2D eigenvalue weighted by Crippen LogP contribution is -2.07. The van der Waals surface area contributed by atoms with Crippen molar-refractivity contribution in [2.24, 2.45) is 0 Å². The zero-order chi connectivity index (χ0) is 5.11. The van der Waals surface area contributed by atoms with E-state index in [0.29, 0.717) is 5.88 Å². The van der Waals surface area contributed by atoms with E-state index in [-0.39, 0.29) is 0 Å². The summed E-state index contributed by atoms with van der Waals surface area (Å²) in [5, 5.41) is 5.36. The molecule has 0 atom stereocenters. The molecule has 0 spiro atoms. The van der Waals surface area contributed by atoms with E-state index in [4.69, 9.17) is 4.74 Å². The molecule has 7 heavy (non-hydrogen) atoms. The highest BCUT2D eigenvalue weighted by atomic mass is 16.5. The van der Waals surface area contributed by atoms with E-state index in [1.807, 2.05) is 0 Å². The third-order valence-electron chi connectivity index (χ3n) is 0.681. The summed E-state index contributed by atoms with van der Waals surface area (Å²) in [4.78, 5) is 0. The van der Waals surface area contributed by atoms with Crippen LogP contribution in [-0.2, 0) is 4.74 Å². The highest BCUT2D eigenvalue weighted by molar-refractivity contribution is 4.98. The second-order valence-corrected chi connectivity index (χ2v) is 1.11. The topological polar surface area (TPSA) is 33.3 Å². The predicted octanol–water partition coefficient (Wildman–Crippen LogP) is -0.379. The molecular weight excluding hydrogens is 92.1 g/mol. The maximum atomic E-state index is 4.74. The van der Waals surface area contributed by atoms with Gasteiger partial charge in [0.1, 0.15) is 0 Å². The summed E-state index contributed by atoms with van der Waals surface area (Å²) >= 11 is 0. The lowest BCUT2D eigenvalue weighted by molar-refractivity contribution is 0.273. The van der Waals surface area contributed by atoms with Gasteiger partial charge in [-0.2, -0.15) is 0 Å². The van der Waals surface area contributed by atoms with Crippen LogP contribution in [0.15, 0.2) is 12.1 Å². The van der Waals surface area contributed by atoms with Crippen molar-refractivity contribution < 1.29 is 4.74 Å². The summed E-state index contributed by atoms with van der Waals surface area (Å²) in [5.41, 5.74) is 0. The molecule has 2 N–H and O–H groups in total. The van der Waals surface area contributed by atoms with Gasteiger partial charge < -0.3 is 15.4 Å². The van der Waals surface area contributed by atoms with E-state index in [1.54, 1.807) is 13.3 Å². The molecule has 0 bridgehead atoms. The van der Waals surface area contributed by atoms with Crippen LogP contribution in [0.3, 0.4) is 0 Å². The maximum absolute atomic E-state index is 4.74. The van der Waals surface area contributed by atoms with E-state index < -0.39 is 0 Å². The Morgan fingerprint density at radius 2 is 2.71 bits per heavy atom. The van der Waals surface area contributed by atoms with Gasteiger partial charge in [0, 0.05) is 0 Å². The van der Waals surface area contributed by atoms with E-state index >= 15 is 0 Å². The van der Waals surface area contributed by atoms with Crippen molar-refractivity contribution in [3.8, 4) is 0 Å². The zero-order valence-corrected chi connectivity index (χ0v) is 3.99. The van der Waals surface area contributed by atoms with Crippen LogP contribution in [0.1, 0.15) is 0 Å². The molecule has 2 radical (unpaired) electrons. The average Bonchev–Trinajstić information content (AvgIpc) is 2.14. The largest absolute Gasteiger partial charge is 0.481 e. The minimum absolute atomic E-state index is 0.694. The minimum atomic E-state index is 0.694. The van der Waals surface area contributed by atoms with E-state index in [9.17, 15) is 0 Å². The SMILES string of the molecule is COC1=CN[C]N1. The van der Waals surface area contributed by atoms with Gasteiger partial charge in [0.25, 0.3) is 0 Å². The quantitative estimate of drug-likeness (QED) is 0.469. The third kappa shape index (κ3) is 0.765. The number of nitrogens with one attached hydrogen (secondary N) is 2. The summed E-state index contributed by atoms with van der Waals surface area (Å²) in [5.74, 6) is 0.694. The van der Waals surface area contributed by atoms with Gasteiger partial charge in [0.05, 0.1) is 13.3 Å². The summed E-state index contributed by atoms with van der Waals surface area (Å²) in [7, 11) is 1.59. The fourth-order valence-corrected chi connectivity index (χ4v) is 0.345. The molecule has 0 unspecified atom stereocenters. The van der Waals surface area contributed by atoms with Crippen molar-refractivity contribution in [1.29, 1.82) is 0 Å². The van der Waals surface area contributed by atoms with Gasteiger partial charge in [-0.25, -0.2) is 0 Å². The van der Waals surface area contributed by atoms with Crippen LogP contribution < -0.4 is 10.6 Å². The van der Waals surface area contributed by atoms with Crippen molar-refractivity contribution in [2.45, 2.75) is 0 Å². The van der Waals surface area contributed by atoms with Crippen LogP contribution in [0.25, 0.3) is 0 Å². The average molecular weight is 98.1 g/mol. The standard InChI is InChI=1S/C4H6N2O/c1-7-4-2-5-3-6-4/h2,5-6H,1H3. The van der Waals surface area contributed by atoms with Crippen LogP contribution >= 0.6 is 0 Å². The van der Waals surface area contributed by atoms with Crippen LogP contribution in [0.4, 0.5) is 0 Å². The Morgan fingerprint density at radius 3 is 3.00 bits per heavy atom. The maximum Gasteiger partial charge on any atom is 0.205 e. The molecule has 0 aliphatic carbocycles. The lowest BCUT2D eigenvalue weighted by atomic mass is 10.9. The van der Waals surface area contributed by atoms with Gasteiger partial charge in [0.2, 0.25) is 12.6 Å². The summed E-state index contributed by atoms with van der Waals surface area (Å²) in [6.07, 6.45) is 1.68. The van der Waals surface area contributed by atoms with Crippen LogP contribution in [0.5, 0.6) is 0 Å². The molecule has 0 aromatic heterocycles. The predicted molar refractivity (Wildman–Crippen MR) is 24.6 cm³/mol. The molecule has 1 aliphatic rings. The van der Waals surface area contributed by atoms with Gasteiger partial charge >= 0.3 is 0 Å². The number of hydrogen-bond donors (Lipinski definition) is 2. The van der Waals surface area contributed by atoms with Crippen molar-refractivity contribution in [3.05, 3.63) is 18.8 Å². The third-order valence-corrected chi connectivity index (χ3v) is 0.681. The molecule has 0 saturated heterocycles. The van der Waals surface area contributed by atoms with Crippen LogP contribution in [0.2, 0.25) is 0 Å². The first-order chi connectivity index (χ1) is 3.43. The van der Waals surface area contributed by atoms with Crippen molar-refractivity contribution in [3.63, 3.8) is 0 Å². The van der Waals surface area contributed by atoms with Crippen LogP contribution in [-0.4, -0.2) is 7.11 Å². The molecule has 0 fully saturated rings. The van der Waals surface area contributed by atoms with Gasteiger partial charge in [0.15, 0.2) is 0 Å². The Balaban J connectivity index is 2.36. The van der Waals surface area contributed by atoms with Crippen molar-refractivity contribution in [1.82, 2.24) is 10.6 Å². The Morgan fingerprint density at radius 1 is 1.86 bits per heavy atom. The monoisotopic (exact) mass is 98.0 g/mol. The smallest absolute Gasteiger partial charge is 0.205 e. The molecule has 3 heteroatoms. The minimum Gasteiger partial charge on any atom is -0.481 e. The summed E-state index contributed by atoms with van der Waals surface area (Å²) in [6, 6.07) is 0. The molecular formula is C4H6N2O. The molecule has 0 aromatic carbocycles. The Labute approximate surface area is 42.4 Å². The molecule has 0 aromatic rings.